The monoisotopic (exact) mass is 295 g/mol. The van der Waals surface area contributed by atoms with Crippen LogP contribution in [0, 0.1) is 0 Å². The van der Waals surface area contributed by atoms with E-state index in [2.05, 4.69) is 30.6 Å². The van der Waals surface area contributed by atoms with Gasteiger partial charge in [-0.05, 0) is 25.0 Å². The van der Waals surface area contributed by atoms with Crippen LogP contribution >= 0.6 is 25.3 Å². The third-order valence-corrected chi connectivity index (χ3v) is 3.23. The molecule has 0 aliphatic heterocycles. The Morgan fingerprint density at radius 2 is 2.06 bits per heavy atom. The highest BCUT2D eigenvalue weighted by Gasteiger charge is 2.04. The van der Waals surface area contributed by atoms with E-state index >= 15 is 0 Å². The lowest BCUT2D eigenvalue weighted by atomic mass is 10.1. The van der Waals surface area contributed by atoms with Crippen LogP contribution in [0.3, 0.4) is 0 Å². The third-order valence-electron chi connectivity index (χ3n) is 2.46. The van der Waals surface area contributed by atoms with Gasteiger partial charge in [0.2, 0.25) is 5.91 Å². The van der Waals surface area contributed by atoms with Crippen LogP contribution in [0.5, 0.6) is 0 Å². The summed E-state index contributed by atoms with van der Waals surface area (Å²) in [5, 5.41) is 11.7. The fourth-order valence-electron chi connectivity index (χ4n) is 1.48. The van der Waals surface area contributed by atoms with Crippen molar-refractivity contribution in [3.8, 4) is 0 Å². The summed E-state index contributed by atoms with van der Waals surface area (Å²) in [6.07, 6.45) is 4.53. The predicted molar refractivity (Wildman–Crippen MR) is 80.6 cm³/mol. The first kappa shape index (κ1) is 18.1. The van der Waals surface area contributed by atoms with Gasteiger partial charge in [-0.1, -0.05) is 6.42 Å². The van der Waals surface area contributed by atoms with Gasteiger partial charge in [-0.25, -0.2) is 0 Å². The minimum absolute atomic E-state index is 0.0190. The number of rotatable bonds is 12. The summed E-state index contributed by atoms with van der Waals surface area (Å²) < 4.78 is 5.04. The summed E-state index contributed by atoms with van der Waals surface area (Å²) >= 11 is 8.60. The fourth-order valence-corrected chi connectivity index (χ4v) is 2.30. The number of unbranched alkanes of at least 4 members (excludes halogenated alkanes) is 1. The van der Waals surface area contributed by atoms with Gasteiger partial charge in [0.05, 0.1) is 19.8 Å². The Hall–Kier alpha value is 0.0900. The molecule has 0 saturated carbocycles. The highest BCUT2D eigenvalue weighted by Crippen LogP contribution is 2.12. The number of hydrogen-bond donors (Lipinski definition) is 4. The van der Waals surface area contributed by atoms with E-state index in [-0.39, 0.29) is 12.5 Å². The Bertz CT molecular complexity index is 206. The summed E-state index contributed by atoms with van der Waals surface area (Å²) in [6.45, 7) is 1.30. The van der Waals surface area contributed by atoms with E-state index in [1.807, 2.05) is 0 Å². The van der Waals surface area contributed by atoms with Gasteiger partial charge in [-0.3, -0.25) is 4.79 Å². The second kappa shape index (κ2) is 13.5. The molecular weight excluding hydrogens is 270 g/mol. The molecule has 4 nitrogen and oxygen atoms in total. The number of hydrogen-bond acceptors (Lipinski definition) is 5. The first-order valence-corrected chi connectivity index (χ1v) is 7.59. The van der Waals surface area contributed by atoms with Crippen molar-refractivity contribution in [2.24, 2.45) is 0 Å². The maximum Gasteiger partial charge on any atom is 0.220 e. The molecule has 0 aromatic carbocycles. The predicted octanol–water partition coefficient (Wildman–Crippen LogP) is 1.29. The molecule has 0 radical (unpaired) electrons. The summed E-state index contributed by atoms with van der Waals surface area (Å²) in [6, 6.07) is 0. The summed E-state index contributed by atoms with van der Waals surface area (Å²) in [5.74, 6) is 0.926. The molecule has 1 atom stereocenters. The number of carbonyl (C=O) groups excluding carboxylic acids is 1. The van der Waals surface area contributed by atoms with Gasteiger partial charge in [0.15, 0.2) is 0 Å². The number of amides is 1. The summed E-state index contributed by atoms with van der Waals surface area (Å²) in [7, 11) is 0. The second-order valence-corrected chi connectivity index (χ2v) is 5.28. The van der Waals surface area contributed by atoms with Crippen molar-refractivity contribution in [2.75, 3.05) is 32.1 Å². The van der Waals surface area contributed by atoms with Gasteiger partial charge in [-0.2, -0.15) is 25.3 Å². The van der Waals surface area contributed by atoms with E-state index in [9.17, 15) is 4.79 Å². The van der Waals surface area contributed by atoms with Crippen molar-refractivity contribution in [3.05, 3.63) is 0 Å². The van der Waals surface area contributed by atoms with E-state index in [1.54, 1.807) is 0 Å². The van der Waals surface area contributed by atoms with E-state index in [0.29, 0.717) is 31.4 Å². The minimum Gasteiger partial charge on any atom is -0.394 e. The average molecular weight is 295 g/mol. The van der Waals surface area contributed by atoms with Crippen LogP contribution < -0.4 is 5.32 Å². The Balaban J connectivity index is 3.26. The van der Waals surface area contributed by atoms with Crippen molar-refractivity contribution in [1.82, 2.24) is 5.32 Å². The molecule has 0 aliphatic carbocycles. The molecule has 0 saturated heterocycles. The van der Waals surface area contributed by atoms with Crippen molar-refractivity contribution < 1.29 is 14.6 Å². The maximum absolute atomic E-state index is 11.4. The molecule has 1 unspecified atom stereocenters. The second-order valence-electron chi connectivity index (χ2n) is 4.10. The maximum atomic E-state index is 11.4. The molecule has 18 heavy (non-hydrogen) atoms. The van der Waals surface area contributed by atoms with E-state index in [1.165, 1.54) is 0 Å². The molecule has 0 fully saturated rings. The Labute approximate surface area is 121 Å². The van der Waals surface area contributed by atoms with Crippen molar-refractivity contribution >= 4 is 31.2 Å². The highest BCUT2D eigenvalue weighted by molar-refractivity contribution is 7.81. The lowest BCUT2D eigenvalue weighted by Crippen LogP contribution is -2.27. The minimum atomic E-state index is 0.0190. The van der Waals surface area contributed by atoms with Crippen LogP contribution in [0.4, 0.5) is 0 Å². The third kappa shape index (κ3) is 12.5. The van der Waals surface area contributed by atoms with Crippen LogP contribution in [0.1, 0.15) is 32.1 Å². The molecule has 0 aromatic heterocycles. The normalized spacial score (nSPS) is 12.4. The van der Waals surface area contributed by atoms with Crippen molar-refractivity contribution in [1.29, 1.82) is 0 Å². The molecule has 0 spiro atoms. The first-order chi connectivity index (χ1) is 8.70. The lowest BCUT2D eigenvalue weighted by molar-refractivity contribution is -0.121. The number of nitrogens with one attached hydrogen (secondary N) is 1. The molecule has 108 valence electrons. The largest absolute Gasteiger partial charge is 0.394 e. The van der Waals surface area contributed by atoms with Crippen molar-refractivity contribution in [3.63, 3.8) is 0 Å². The molecule has 6 heteroatoms. The van der Waals surface area contributed by atoms with Crippen LogP contribution in [0.25, 0.3) is 0 Å². The first-order valence-electron chi connectivity index (χ1n) is 6.45. The Morgan fingerprint density at radius 3 is 2.72 bits per heavy atom. The van der Waals surface area contributed by atoms with Crippen LogP contribution in [-0.4, -0.2) is 48.4 Å². The number of thiol groups is 2. The number of aliphatic hydroxyl groups is 1. The zero-order valence-electron chi connectivity index (χ0n) is 10.8. The van der Waals surface area contributed by atoms with Crippen LogP contribution in [0.15, 0.2) is 0 Å². The smallest absolute Gasteiger partial charge is 0.220 e. The summed E-state index contributed by atoms with van der Waals surface area (Å²) in [5.41, 5.74) is 0. The highest BCUT2D eigenvalue weighted by atomic mass is 32.1. The van der Waals surface area contributed by atoms with E-state index in [4.69, 9.17) is 9.84 Å². The molecule has 1 amide bonds. The van der Waals surface area contributed by atoms with Crippen molar-refractivity contribution in [2.45, 2.75) is 37.4 Å². The van der Waals surface area contributed by atoms with Gasteiger partial charge in [0, 0.05) is 18.2 Å². The number of ether oxygens (including phenoxy) is 1. The van der Waals surface area contributed by atoms with E-state index < -0.39 is 0 Å². The Kier molecular flexibility index (Phi) is 13.6. The quantitative estimate of drug-likeness (QED) is 0.324. The van der Waals surface area contributed by atoms with Gasteiger partial charge < -0.3 is 15.2 Å². The van der Waals surface area contributed by atoms with Gasteiger partial charge in [0.25, 0.3) is 0 Å². The molecule has 2 N–H and O–H groups in total. The lowest BCUT2D eigenvalue weighted by Gasteiger charge is -2.08. The van der Waals surface area contributed by atoms with Gasteiger partial charge in [-0.15, -0.1) is 0 Å². The van der Waals surface area contributed by atoms with E-state index in [0.717, 1.165) is 31.4 Å². The molecule has 0 aromatic rings. The number of aliphatic hydroxyl groups excluding tert-OH is 1. The molecule has 0 rings (SSSR count). The van der Waals surface area contributed by atoms with Gasteiger partial charge in [0.1, 0.15) is 0 Å². The standard InChI is InChI=1S/C12H25NO3S2/c14-7-9-16-8-6-13-12(15)4-2-1-3-11(18)5-10-17/h11,14,17-18H,1-10H2,(H,13,15). The fraction of sp³-hybridized carbons (Fsp3) is 0.917. The molecule has 0 bridgehead atoms. The zero-order valence-corrected chi connectivity index (χ0v) is 12.6. The number of carbonyl (C=O) groups is 1. The molecule has 0 aliphatic rings. The summed E-state index contributed by atoms with van der Waals surface area (Å²) in [4.78, 5) is 11.4. The molecule has 0 heterocycles. The SMILES string of the molecule is O=C(CCCCC(S)CCS)NCCOCCO. The zero-order chi connectivity index (χ0) is 13.6. The van der Waals surface area contributed by atoms with Gasteiger partial charge >= 0.3 is 0 Å². The molecular formula is C12H25NO3S2. The van der Waals surface area contributed by atoms with Crippen LogP contribution in [0.2, 0.25) is 0 Å². The Morgan fingerprint density at radius 1 is 1.28 bits per heavy atom. The average Bonchev–Trinajstić information content (AvgIpc) is 2.35. The topological polar surface area (TPSA) is 58.6 Å². The van der Waals surface area contributed by atoms with Crippen LogP contribution in [-0.2, 0) is 9.53 Å².